The highest BCUT2D eigenvalue weighted by Gasteiger charge is 2.30. The zero-order valence-electron chi connectivity index (χ0n) is 14.5. The number of nitrogens with zero attached hydrogens (tertiary/aromatic N) is 2. The normalized spacial score (nSPS) is 18.7. The van der Waals surface area contributed by atoms with Crippen molar-refractivity contribution in [2.75, 3.05) is 13.2 Å². The van der Waals surface area contributed by atoms with Gasteiger partial charge in [-0.25, -0.2) is 4.79 Å². The molecule has 1 aromatic rings. The van der Waals surface area contributed by atoms with Crippen molar-refractivity contribution in [3.8, 4) is 0 Å². The molecule has 1 aromatic heterocycles. The van der Waals surface area contributed by atoms with Crippen LogP contribution in [0.25, 0.3) is 0 Å². The minimum absolute atomic E-state index is 0.200. The second-order valence-electron chi connectivity index (χ2n) is 7.03. The maximum atomic E-state index is 12.3. The Bertz CT molecular complexity index is 485. The van der Waals surface area contributed by atoms with Gasteiger partial charge in [-0.15, -0.1) is 0 Å². The highest BCUT2D eigenvalue weighted by Crippen LogP contribution is 2.22. The maximum Gasteiger partial charge on any atom is 0.410 e. The Kier molecular flexibility index (Phi) is 6.39. The van der Waals surface area contributed by atoms with Crippen LogP contribution in [0.4, 0.5) is 4.79 Å². The van der Waals surface area contributed by atoms with E-state index in [1.54, 1.807) is 6.20 Å². The van der Waals surface area contributed by atoms with Crippen molar-refractivity contribution in [3.63, 3.8) is 0 Å². The fraction of sp³-hybridized carbons (Fsp3) is 0.667. The Morgan fingerprint density at radius 3 is 2.91 bits per heavy atom. The van der Waals surface area contributed by atoms with E-state index in [0.717, 1.165) is 37.8 Å². The smallest absolute Gasteiger partial charge is 0.410 e. The molecule has 1 fully saturated rings. The van der Waals surface area contributed by atoms with Crippen LogP contribution in [0.5, 0.6) is 0 Å². The number of hydrogen-bond acceptors (Lipinski definition) is 4. The molecule has 2 heterocycles. The van der Waals surface area contributed by atoms with Crippen molar-refractivity contribution in [1.29, 1.82) is 0 Å². The summed E-state index contributed by atoms with van der Waals surface area (Å²) in [6, 6.07) is 4.12. The van der Waals surface area contributed by atoms with Crippen molar-refractivity contribution in [2.24, 2.45) is 0 Å². The van der Waals surface area contributed by atoms with E-state index in [9.17, 15) is 4.79 Å². The zero-order valence-corrected chi connectivity index (χ0v) is 14.5. The minimum Gasteiger partial charge on any atom is -0.444 e. The second-order valence-corrected chi connectivity index (χ2v) is 7.03. The van der Waals surface area contributed by atoms with Gasteiger partial charge in [0.25, 0.3) is 0 Å². The van der Waals surface area contributed by atoms with Crippen LogP contribution in [-0.2, 0) is 16.1 Å². The summed E-state index contributed by atoms with van der Waals surface area (Å²) in [5.74, 6) is 0. The van der Waals surface area contributed by atoms with Crippen LogP contribution in [0.1, 0.15) is 52.0 Å². The van der Waals surface area contributed by atoms with Gasteiger partial charge in [0.1, 0.15) is 5.60 Å². The molecule has 5 heteroatoms. The van der Waals surface area contributed by atoms with Gasteiger partial charge in [0, 0.05) is 31.6 Å². The minimum atomic E-state index is -0.449. The van der Waals surface area contributed by atoms with E-state index in [1.807, 2.05) is 44.0 Å². The Morgan fingerprint density at radius 2 is 2.22 bits per heavy atom. The number of pyridine rings is 1. The molecule has 1 amide bonds. The van der Waals surface area contributed by atoms with E-state index in [0.29, 0.717) is 13.2 Å². The highest BCUT2D eigenvalue weighted by molar-refractivity contribution is 5.68. The summed E-state index contributed by atoms with van der Waals surface area (Å²) in [6.07, 6.45) is 7.44. The van der Waals surface area contributed by atoms with Crippen molar-refractivity contribution >= 4 is 6.09 Å². The molecule has 0 radical (unpaired) electrons. The van der Waals surface area contributed by atoms with Crippen molar-refractivity contribution in [3.05, 3.63) is 30.1 Å². The molecule has 5 nitrogen and oxygen atoms in total. The molecule has 0 saturated carbocycles. The summed E-state index contributed by atoms with van der Waals surface area (Å²) in [7, 11) is 0. The Hall–Kier alpha value is -1.62. The van der Waals surface area contributed by atoms with E-state index in [4.69, 9.17) is 9.47 Å². The fourth-order valence-corrected chi connectivity index (χ4v) is 2.75. The number of hydrogen-bond donors (Lipinski definition) is 0. The van der Waals surface area contributed by atoms with Crippen molar-refractivity contribution in [1.82, 2.24) is 9.88 Å². The Balaban J connectivity index is 1.78. The van der Waals surface area contributed by atoms with Gasteiger partial charge < -0.3 is 14.4 Å². The molecule has 23 heavy (non-hydrogen) atoms. The van der Waals surface area contributed by atoms with E-state index >= 15 is 0 Å². The molecule has 128 valence electrons. The first-order valence-electron chi connectivity index (χ1n) is 8.42. The molecule has 1 aliphatic heterocycles. The average molecular weight is 320 g/mol. The number of ether oxygens (including phenoxy) is 2. The van der Waals surface area contributed by atoms with Crippen LogP contribution in [0, 0.1) is 0 Å². The summed E-state index contributed by atoms with van der Waals surface area (Å²) in [5, 5.41) is 0. The largest absolute Gasteiger partial charge is 0.444 e. The summed E-state index contributed by atoms with van der Waals surface area (Å²) in [5.41, 5.74) is 0.621. The van der Waals surface area contributed by atoms with Gasteiger partial charge in [-0.1, -0.05) is 6.07 Å². The Labute approximate surface area is 139 Å². The molecule has 1 aliphatic rings. The molecule has 1 atom stereocenters. The SMILES string of the molecule is CC(C)(C)OC(=O)N1CCCC[C@H]1CCOCc1cccnc1. The van der Waals surface area contributed by atoms with Crippen molar-refractivity contribution in [2.45, 2.75) is 64.7 Å². The maximum absolute atomic E-state index is 12.3. The monoisotopic (exact) mass is 320 g/mol. The van der Waals surface area contributed by atoms with E-state index < -0.39 is 5.60 Å². The summed E-state index contributed by atoms with van der Waals surface area (Å²) >= 11 is 0. The van der Waals surface area contributed by atoms with Gasteiger partial charge in [0.15, 0.2) is 0 Å². The highest BCUT2D eigenvalue weighted by atomic mass is 16.6. The third kappa shape index (κ3) is 6.18. The number of carbonyl (C=O) groups is 1. The first kappa shape index (κ1) is 17.7. The molecule has 0 unspecified atom stereocenters. The van der Waals surface area contributed by atoms with E-state index in [2.05, 4.69) is 4.98 Å². The van der Waals surface area contributed by atoms with Gasteiger partial charge >= 0.3 is 6.09 Å². The van der Waals surface area contributed by atoms with E-state index in [-0.39, 0.29) is 12.1 Å². The molecular formula is C18H28N2O3. The molecule has 0 bridgehead atoms. The lowest BCUT2D eigenvalue weighted by Crippen LogP contribution is -2.46. The number of aromatic nitrogens is 1. The van der Waals surface area contributed by atoms with Crippen molar-refractivity contribution < 1.29 is 14.3 Å². The molecule has 0 aromatic carbocycles. The predicted molar refractivity (Wildman–Crippen MR) is 89.1 cm³/mol. The summed E-state index contributed by atoms with van der Waals surface area (Å²) in [4.78, 5) is 18.3. The van der Waals surface area contributed by atoms with Gasteiger partial charge in [0.05, 0.1) is 6.61 Å². The lowest BCUT2D eigenvalue weighted by atomic mass is 10.0. The summed E-state index contributed by atoms with van der Waals surface area (Å²) in [6.45, 7) is 7.69. The molecular weight excluding hydrogens is 292 g/mol. The van der Waals surface area contributed by atoms with Crippen LogP contribution >= 0.6 is 0 Å². The third-order valence-electron chi connectivity index (χ3n) is 3.84. The topological polar surface area (TPSA) is 51.7 Å². The molecule has 0 aliphatic carbocycles. The van der Waals surface area contributed by atoms with Crippen LogP contribution < -0.4 is 0 Å². The predicted octanol–water partition coefficient (Wildman–Crippen LogP) is 3.78. The van der Waals surface area contributed by atoms with Gasteiger partial charge in [-0.05, 0) is 58.1 Å². The number of piperidine rings is 1. The number of amides is 1. The third-order valence-corrected chi connectivity index (χ3v) is 3.84. The quantitative estimate of drug-likeness (QED) is 0.775. The first-order chi connectivity index (χ1) is 11.0. The van der Waals surface area contributed by atoms with Crippen LogP contribution in [-0.4, -0.2) is 40.8 Å². The van der Waals surface area contributed by atoms with Gasteiger partial charge in [-0.3, -0.25) is 4.98 Å². The second kappa shape index (κ2) is 8.29. The molecule has 0 spiro atoms. The molecule has 2 rings (SSSR count). The lowest BCUT2D eigenvalue weighted by molar-refractivity contribution is 0.00378. The van der Waals surface area contributed by atoms with Gasteiger partial charge in [-0.2, -0.15) is 0 Å². The Morgan fingerprint density at radius 1 is 1.39 bits per heavy atom. The lowest BCUT2D eigenvalue weighted by Gasteiger charge is -2.36. The molecule has 0 N–H and O–H groups in total. The fourth-order valence-electron chi connectivity index (χ4n) is 2.75. The average Bonchev–Trinajstić information content (AvgIpc) is 2.51. The molecule has 1 saturated heterocycles. The van der Waals surface area contributed by atoms with Crippen LogP contribution in [0.3, 0.4) is 0 Å². The summed E-state index contributed by atoms with van der Waals surface area (Å²) < 4.78 is 11.3. The van der Waals surface area contributed by atoms with Crippen LogP contribution in [0.15, 0.2) is 24.5 Å². The number of carbonyl (C=O) groups excluding carboxylic acids is 1. The standard InChI is InChI=1S/C18H28N2O3/c1-18(2,3)23-17(21)20-11-5-4-8-16(20)9-12-22-14-15-7-6-10-19-13-15/h6-7,10,13,16H,4-5,8-9,11-12,14H2,1-3H3/t16-/m0/s1. The number of likely N-dealkylation sites (tertiary alicyclic amines) is 1. The van der Waals surface area contributed by atoms with E-state index in [1.165, 1.54) is 0 Å². The first-order valence-corrected chi connectivity index (χ1v) is 8.42. The number of rotatable bonds is 5. The van der Waals surface area contributed by atoms with Crippen LogP contribution in [0.2, 0.25) is 0 Å². The zero-order chi connectivity index (χ0) is 16.7. The van der Waals surface area contributed by atoms with Gasteiger partial charge in [0.2, 0.25) is 0 Å².